The largest absolute Gasteiger partial charge is 0.310 e. The van der Waals surface area contributed by atoms with E-state index in [1.54, 1.807) is 0 Å². The van der Waals surface area contributed by atoms with Crippen LogP contribution >= 0.6 is 11.6 Å². The van der Waals surface area contributed by atoms with Gasteiger partial charge in [0.05, 0.1) is 0 Å². The minimum Gasteiger partial charge on any atom is -0.310 e. The highest BCUT2D eigenvalue weighted by atomic mass is 35.5. The van der Waals surface area contributed by atoms with Gasteiger partial charge in [-0.15, -0.1) is 0 Å². The molecule has 0 radical (unpaired) electrons. The van der Waals surface area contributed by atoms with E-state index in [4.69, 9.17) is 11.6 Å². The number of nitrogens with one attached hydrogen (secondary N) is 1. The van der Waals surface area contributed by atoms with Gasteiger partial charge < -0.3 is 5.32 Å². The van der Waals surface area contributed by atoms with Crippen LogP contribution in [0.4, 0.5) is 0 Å². The van der Waals surface area contributed by atoms with Crippen molar-refractivity contribution in [2.24, 2.45) is 0 Å². The molecule has 2 heteroatoms. The summed E-state index contributed by atoms with van der Waals surface area (Å²) in [4.78, 5) is 0. The quantitative estimate of drug-likeness (QED) is 0.842. The van der Waals surface area contributed by atoms with Crippen LogP contribution in [0.1, 0.15) is 29.2 Å². The highest BCUT2D eigenvalue weighted by Gasteiger charge is 2.05. The zero-order chi connectivity index (χ0) is 14.5. The van der Waals surface area contributed by atoms with Crippen LogP contribution in [-0.4, -0.2) is 6.04 Å². The van der Waals surface area contributed by atoms with E-state index in [2.05, 4.69) is 50.4 Å². The predicted octanol–water partition coefficient (Wildman–Crippen LogP) is 4.68. The second-order valence-electron chi connectivity index (χ2n) is 5.55. The Hall–Kier alpha value is -1.31. The first-order valence-electron chi connectivity index (χ1n) is 7.08. The molecule has 2 aromatic rings. The fraction of sp³-hybridized carbons (Fsp3) is 0.333. The second kappa shape index (κ2) is 6.92. The Bertz CT molecular complexity index is 577. The minimum atomic E-state index is 0.425. The van der Waals surface area contributed by atoms with E-state index in [1.807, 2.05) is 18.2 Å². The summed E-state index contributed by atoms with van der Waals surface area (Å²) in [5.41, 5.74) is 5.32. The molecule has 0 saturated heterocycles. The molecule has 0 aliphatic carbocycles. The fourth-order valence-corrected chi connectivity index (χ4v) is 2.63. The summed E-state index contributed by atoms with van der Waals surface area (Å²) in [6.07, 6.45) is 0.992. The van der Waals surface area contributed by atoms with Crippen LogP contribution in [0, 0.1) is 13.8 Å². The van der Waals surface area contributed by atoms with Gasteiger partial charge in [-0.2, -0.15) is 0 Å². The predicted molar refractivity (Wildman–Crippen MR) is 87.4 cm³/mol. The van der Waals surface area contributed by atoms with Crippen molar-refractivity contribution < 1.29 is 0 Å². The maximum Gasteiger partial charge on any atom is 0.0408 e. The Morgan fingerprint density at radius 3 is 2.60 bits per heavy atom. The van der Waals surface area contributed by atoms with E-state index >= 15 is 0 Å². The smallest absolute Gasteiger partial charge is 0.0408 e. The molecule has 0 spiro atoms. The Balaban J connectivity index is 1.90. The lowest BCUT2D eigenvalue weighted by molar-refractivity contribution is 0.544. The van der Waals surface area contributed by atoms with Gasteiger partial charge in [-0.25, -0.2) is 0 Å². The summed E-state index contributed by atoms with van der Waals surface area (Å²) in [6, 6.07) is 15.1. The van der Waals surface area contributed by atoms with Crippen molar-refractivity contribution in [2.75, 3.05) is 0 Å². The van der Waals surface area contributed by atoms with E-state index < -0.39 is 0 Å². The molecule has 2 aromatic carbocycles. The average molecular weight is 288 g/mol. The molecular formula is C18H22ClN. The number of hydrogen-bond acceptors (Lipinski definition) is 1. The van der Waals surface area contributed by atoms with Crippen LogP contribution in [0.25, 0.3) is 0 Å². The van der Waals surface area contributed by atoms with Crippen molar-refractivity contribution in [1.82, 2.24) is 5.32 Å². The van der Waals surface area contributed by atoms with Crippen molar-refractivity contribution in [2.45, 2.75) is 39.8 Å². The molecule has 1 unspecified atom stereocenters. The molecule has 1 atom stereocenters. The van der Waals surface area contributed by atoms with E-state index in [0.29, 0.717) is 6.04 Å². The Labute approximate surface area is 127 Å². The average Bonchev–Trinajstić information content (AvgIpc) is 2.37. The van der Waals surface area contributed by atoms with Gasteiger partial charge in [0.25, 0.3) is 0 Å². The summed E-state index contributed by atoms with van der Waals surface area (Å²) >= 11 is 6.02. The lowest BCUT2D eigenvalue weighted by Gasteiger charge is -2.15. The molecule has 0 heterocycles. The number of hydrogen-bond donors (Lipinski definition) is 1. The molecule has 106 valence electrons. The maximum atomic E-state index is 6.02. The van der Waals surface area contributed by atoms with Crippen LogP contribution in [-0.2, 0) is 13.0 Å². The molecule has 0 aliphatic rings. The molecule has 0 bridgehead atoms. The van der Waals surface area contributed by atoms with Crippen molar-refractivity contribution in [3.63, 3.8) is 0 Å². The molecule has 20 heavy (non-hydrogen) atoms. The summed E-state index contributed by atoms with van der Waals surface area (Å²) in [6.45, 7) is 7.43. The third-order valence-corrected chi connectivity index (χ3v) is 3.81. The van der Waals surface area contributed by atoms with Gasteiger partial charge in [0, 0.05) is 17.6 Å². The van der Waals surface area contributed by atoms with Crippen LogP contribution in [0.5, 0.6) is 0 Å². The first kappa shape index (κ1) is 15.1. The lowest BCUT2D eigenvalue weighted by Crippen LogP contribution is -2.27. The monoisotopic (exact) mass is 287 g/mol. The third-order valence-electron chi connectivity index (χ3n) is 3.57. The summed E-state index contributed by atoms with van der Waals surface area (Å²) in [7, 11) is 0. The molecular weight excluding hydrogens is 266 g/mol. The van der Waals surface area contributed by atoms with E-state index in [1.165, 1.54) is 22.3 Å². The Morgan fingerprint density at radius 2 is 1.90 bits per heavy atom. The van der Waals surface area contributed by atoms with Gasteiger partial charge in [-0.1, -0.05) is 47.5 Å². The molecule has 0 saturated carbocycles. The first-order chi connectivity index (χ1) is 9.54. The topological polar surface area (TPSA) is 12.0 Å². The zero-order valence-electron chi connectivity index (χ0n) is 12.4. The van der Waals surface area contributed by atoms with Crippen molar-refractivity contribution in [1.29, 1.82) is 0 Å². The molecule has 0 aromatic heterocycles. The van der Waals surface area contributed by atoms with Gasteiger partial charge in [0.15, 0.2) is 0 Å². The van der Waals surface area contributed by atoms with Gasteiger partial charge in [-0.3, -0.25) is 0 Å². The number of aryl methyl sites for hydroxylation is 2. The Morgan fingerprint density at radius 1 is 1.10 bits per heavy atom. The molecule has 1 N–H and O–H groups in total. The van der Waals surface area contributed by atoms with E-state index in [9.17, 15) is 0 Å². The summed E-state index contributed by atoms with van der Waals surface area (Å²) in [5.74, 6) is 0. The highest BCUT2D eigenvalue weighted by Crippen LogP contribution is 2.13. The van der Waals surface area contributed by atoms with Gasteiger partial charge in [0.2, 0.25) is 0 Å². The molecule has 0 fully saturated rings. The van der Waals surface area contributed by atoms with Crippen LogP contribution in [0.3, 0.4) is 0 Å². The molecule has 1 nitrogen and oxygen atoms in total. The van der Waals surface area contributed by atoms with Crippen molar-refractivity contribution in [3.05, 3.63) is 69.7 Å². The van der Waals surface area contributed by atoms with Crippen molar-refractivity contribution in [3.8, 4) is 0 Å². The Kier molecular flexibility index (Phi) is 5.22. The number of rotatable bonds is 5. The van der Waals surface area contributed by atoms with Gasteiger partial charge in [-0.05, 0) is 56.0 Å². The first-order valence-corrected chi connectivity index (χ1v) is 7.46. The second-order valence-corrected chi connectivity index (χ2v) is 5.98. The summed E-state index contributed by atoms with van der Waals surface area (Å²) in [5, 5.41) is 4.39. The van der Waals surface area contributed by atoms with Crippen LogP contribution in [0.2, 0.25) is 5.02 Å². The molecule has 2 rings (SSSR count). The third kappa shape index (κ3) is 4.36. The van der Waals surface area contributed by atoms with E-state index in [0.717, 1.165) is 18.0 Å². The van der Waals surface area contributed by atoms with Crippen LogP contribution < -0.4 is 5.32 Å². The molecule has 0 aliphatic heterocycles. The van der Waals surface area contributed by atoms with Crippen molar-refractivity contribution >= 4 is 11.6 Å². The summed E-state index contributed by atoms with van der Waals surface area (Å²) < 4.78 is 0. The fourth-order valence-electron chi connectivity index (χ4n) is 2.42. The van der Waals surface area contributed by atoms with Gasteiger partial charge >= 0.3 is 0 Å². The number of halogens is 1. The van der Waals surface area contributed by atoms with Gasteiger partial charge in [0.1, 0.15) is 0 Å². The zero-order valence-corrected chi connectivity index (χ0v) is 13.2. The normalized spacial score (nSPS) is 12.4. The minimum absolute atomic E-state index is 0.425. The molecule has 0 amide bonds. The van der Waals surface area contributed by atoms with Crippen LogP contribution in [0.15, 0.2) is 42.5 Å². The standard InChI is InChI=1S/C18H22ClN/c1-13-7-8-17(14(2)9-13)12-20-15(3)10-16-5-4-6-18(19)11-16/h4-9,11,15,20H,10,12H2,1-3H3. The highest BCUT2D eigenvalue weighted by molar-refractivity contribution is 6.30. The lowest BCUT2D eigenvalue weighted by atomic mass is 10.0. The van der Waals surface area contributed by atoms with E-state index in [-0.39, 0.29) is 0 Å². The SMILES string of the molecule is Cc1ccc(CNC(C)Cc2cccc(Cl)c2)c(C)c1. The maximum absolute atomic E-state index is 6.02. The number of benzene rings is 2.